The van der Waals surface area contributed by atoms with Gasteiger partial charge in [-0.25, -0.2) is 4.98 Å². The van der Waals surface area contributed by atoms with Crippen LogP contribution in [0.25, 0.3) is 11.4 Å². The molecule has 1 fully saturated rings. The number of methoxy groups -OCH3 is 1. The van der Waals surface area contributed by atoms with Crippen molar-refractivity contribution in [3.05, 3.63) is 54.6 Å². The van der Waals surface area contributed by atoms with Crippen LogP contribution in [0, 0.1) is 0 Å². The van der Waals surface area contributed by atoms with E-state index in [1.807, 2.05) is 82.3 Å². The Kier molecular flexibility index (Phi) is 4.88. The molecule has 3 aromatic rings. The second-order valence-electron chi connectivity index (χ2n) is 8.03. The fourth-order valence-corrected chi connectivity index (χ4v) is 3.10. The van der Waals surface area contributed by atoms with Crippen LogP contribution in [0.4, 0.5) is 0 Å². The second kappa shape index (κ2) is 7.24. The summed E-state index contributed by atoms with van der Waals surface area (Å²) >= 11 is 0. The zero-order chi connectivity index (χ0) is 20.6. The van der Waals surface area contributed by atoms with Gasteiger partial charge in [0.1, 0.15) is 11.5 Å². The Labute approximate surface area is 171 Å². The highest BCUT2D eigenvalue weighted by molar-refractivity contribution is 6.62. The zero-order valence-corrected chi connectivity index (χ0v) is 17.4. The van der Waals surface area contributed by atoms with Gasteiger partial charge in [0.25, 0.3) is 0 Å². The summed E-state index contributed by atoms with van der Waals surface area (Å²) in [6.07, 6.45) is 0. The van der Waals surface area contributed by atoms with Crippen molar-refractivity contribution >= 4 is 12.7 Å². The van der Waals surface area contributed by atoms with Gasteiger partial charge >= 0.3 is 7.12 Å². The predicted molar refractivity (Wildman–Crippen MR) is 113 cm³/mol. The number of nitrogens with one attached hydrogen (secondary N) is 1. The topological polar surface area (TPSA) is 65.6 Å². The molecule has 0 amide bonds. The summed E-state index contributed by atoms with van der Waals surface area (Å²) in [7, 11) is 1.01. The van der Waals surface area contributed by atoms with E-state index < -0.39 is 18.3 Å². The zero-order valence-electron chi connectivity index (χ0n) is 17.4. The lowest BCUT2D eigenvalue weighted by Gasteiger charge is -2.32. The van der Waals surface area contributed by atoms with Crippen LogP contribution in [0.3, 0.4) is 0 Å². The van der Waals surface area contributed by atoms with E-state index >= 15 is 0 Å². The van der Waals surface area contributed by atoms with Gasteiger partial charge in [0.15, 0.2) is 0 Å². The highest BCUT2D eigenvalue weighted by Crippen LogP contribution is 2.38. The first-order valence-electron chi connectivity index (χ1n) is 9.62. The van der Waals surface area contributed by atoms with Gasteiger partial charge in [-0.3, -0.25) is 0 Å². The maximum Gasteiger partial charge on any atom is 0.516 e. The molecule has 2 aromatic heterocycles. The molecule has 6 nitrogen and oxygen atoms in total. The van der Waals surface area contributed by atoms with Crippen molar-refractivity contribution in [1.82, 2.24) is 9.97 Å². The molecule has 4 rings (SSSR count). The van der Waals surface area contributed by atoms with E-state index in [0.29, 0.717) is 17.2 Å². The summed E-state index contributed by atoms with van der Waals surface area (Å²) in [6, 6.07) is 17.2. The van der Waals surface area contributed by atoms with Crippen molar-refractivity contribution < 1.29 is 18.8 Å². The number of H-pyrrole nitrogens is 1. The fourth-order valence-electron chi connectivity index (χ4n) is 3.10. The SMILES string of the molecule is COc1cccc(-c2cc(Oc3ccccc3)c(B3OC(C)(C)C(C)(C)O3)[nH]2)n1. The van der Waals surface area contributed by atoms with Gasteiger partial charge in [0.2, 0.25) is 5.88 Å². The smallest absolute Gasteiger partial charge is 0.481 e. The largest absolute Gasteiger partial charge is 0.516 e. The van der Waals surface area contributed by atoms with Gasteiger partial charge in [0.05, 0.1) is 35.3 Å². The van der Waals surface area contributed by atoms with E-state index in [9.17, 15) is 0 Å². The monoisotopic (exact) mass is 392 g/mol. The fraction of sp³-hybridized carbons (Fsp3) is 0.318. The number of aromatic nitrogens is 2. The lowest BCUT2D eigenvalue weighted by Crippen LogP contribution is -2.41. The molecule has 3 heterocycles. The van der Waals surface area contributed by atoms with Crippen molar-refractivity contribution in [3.63, 3.8) is 0 Å². The molecule has 1 saturated heterocycles. The Morgan fingerprint density at radius 2 is 1.62 bits per heavy atom. The molecule has 1 N–H and O–H groups in total. The summed E-state index contributed by atoms with van der Waals surface area (Å²) in [5, 5.41) is 0. The molecule has 150 valence electrons. The first-order chi connectivity index (χ1) is 13.8. The highest BCUT2D eigenvalue weighted by Gasteiger charge is 2.53. The number of para-hydroxylation sites is 1. The molecule has 1 aromatic carbocycles. The molecule has 0 radical (unpaired) electrons. The molecular formula is C22H25BN2O4. The lowest BCUT2D eigenvalue weighted by atomic mass is 9.84. The number of ether oxygens (including phenoxy) is 2. The summed E-state index contributed by atoms with van der Waals surface area (Å²) in [5.74, 6) is 1.91. The Morgan fingerprint density at radius 3 is 2.28 bits per heavy atom. The van der Waals surface area contributed by atoms with Crippen molar-refractivity contribution in [2.75, 3.05) is 7.11 Å². The maximum absolute atomic E-state index is 6.24. The van der Waals surface area contributed by atoms with Gasteiger partial charge in [-0.2, -0.15) is 0 Å². The first kappa shape index (κ1) is 19.5. The number of rotatable bonds is 5. The van der Waals surface area contributed by atoms with Crippen molar-refractivity contribution in [2.24, 2.45) is 0 Å². The quantitative estimate of drug-likeness (QED) is 0.660. The Morgan fingerprint density at radius 1 is 0.931 bits per heavy atom. The van der Waals surface area contributed by atoms with E-state index in [2.05, 4.69) is 9.97 Å². The minimum absolute atomic E-state index is 0.457. The van der Waals surface area contributed by atoms with Crippen LogP contribution < -0.4 is 15.1 Å². The number of hydrogen-bond acceptors (Lipinski definition) is 5. The van der Waals surface area contributed by atoms with E-state index in [-0.39, 0.29) is 0 Å². The van der Waals surface area contributed by atoms with Crippen LogP contribution in [0.2, 0.25) is 0 Å². The van der Waals surface area contributed by atoms with Gasteiger partial charge in [-0.1, -0.05) is 24.3 Å². The van der Waals surface area contributed by atoms with Crippen LogP contribution in [-0.2, 0) is 9.31 Å². The van der Waals surface area contributed by atoms with E-state index in [0.717, 1.165) is 17.1 Å². The highest BCUT2D eigenvalue weighted by atomic mass is 16.7. The van der Waals surface area contributed by atoms with Crippen molar-refractivity contribution in [3.8, 4) is 28.8 Å². The van der Waals surface area contributed by atoms with Gasteiger partial charge in [-0.15, -0.1) is 0 Å². The minimum atomic E-state index is -0.585. The Balaban J connectivity index is 1.75. The molecule has 7 heteroatoms. The summed E-state index contributed by atoms with van der Waals surface area (Å²) in [5.41, 5.74) is 1.33. The minimum Gasteiger partial charge on any atom is -0.481 e. The molecule has 0 atom stereocenters. The number of aromatic amines is 1. The van der Waals surface area contributed by atoms with Gasteiger partial charge in [0, 0.05) is 12.1 Å². The van der Waals surface area contributed by atoms with Gasteiger partial charge < -0.3 is 23.8 Å². The van der Waals surface area contributed by atoms with Crippen LogP contribution in [-0.4, -0.2) is 35.4 Å². The average Bonchev–Trinajstić information content (AvgIpc) is 3.20. The predicted octanol–water partition coefficient (Wildman–Crippen LogP) is 4.18. The number of hydrogen-bond donors (Lipinski definition) is 1. The standard InChI is InChI=1S/C22H25BN2O4/c1-21(2)22(3,4)29-23(28-21)20-18(27-15-10-7-6-8-11-15)14-17(25-20)16-12-9-13-19(24-16)26-5/h6-14,25H,1-5H3. The molecule has 0 unspecified atom stereocenters. The van der Waals surface area contributed by atoms with Gasteiger partial charge in [-0.05, 0) is 45.9 Å². The molecule has 0 bridgehead atoms. The van der Waals surface area contributed by atoms with Crippen LogP contribution in [0.1, 0.15) is 27.7 Å². The number of benzene rings is 1. The number of pyridine rings is 1. The van der Waals surface area contributed by atoms with E-state index in [4.69, 9.17) is 18.8 Å². The third-order valence-corrected chi connectivity index (χ3v) is 5.48. The average molecular weight is 392 g/mol. The summed E-state index contributed by atoms with van der Waals surface area (Å²) in [4.78, 5) is 7.91. The third-order valence-electron chi connectivity index (χ3n) is 5.48. The van der Waals surface area contributed by atoms with Crippen LogP contribution in [0.5, 0.6) is 17.4 Å². The van der Waals surface area contributed by atoms with E-state index in [1.165, 1.54) is 0 Å². The van der Waals surface area contributed by atoms with Crippen molar-refractivity contribution in [1.29, 1.82) is 0 Å². The first-order valence-corrected chi connectivity index (χ1v) is 9.62. The van der Waals surface area contributed by atoms with E-state index in [1.54, 1.807) is 7.11 Å². The molecule has 0 spiro atoms. The van der Waals surface area contributed by atoms with Crippen LogP contribution in [0.15, 0.2) is 54.6 Å². The third kappa shape index (κ3) is 3.75. The summed E-state index contributed by atoms with van der Waals surface area (Å²) in [6.45, 7) is 8.10. The molecule has 0 aliphatic carbocycles. The molecule has 1 aliphatic rings. The molecule has 1 aliphatic heterocycles. The normalized spacial score (nSPS) is 17.3. The molecular weight excluding hydrogens is 367 g/mol. The lowest BCUT2D eigenvalue weighted by molar-refractivity contribution is 0.00578. The van der Waals surface area contributed by atoms with Crippen LogP contribution >= 0.6 is 0 Å². The summed E-state index contributed by atoms with van der Waals surface area (Å²) < 4.78 is 23.9. The number of nitrogens with zero attached hydrogens (tertiary/aromatic N) is 1. The molecule has 0 saturated carbocycles. The Bertz CT molecular complexity index is 985. The maximum atomic E-state index is 6.24. The molecule has 29 heavy (non-hydrogen) atoms. The van der Waals surface area contributed by atoms with Crippen molar-refractivity contribution in [2.45, 2.75) is 38.9 Å². The Hall–Kier alpha value is -2.77. The second-order valence-corrected chi connectivity index (χ2v) is 8.03.